The van der Waals surface area contributed by atoms with Gasteiger partial charge in [0.25, 0.3) is 0 Å². The van der Waals surface area contributed by atoms with E-state index in [-0.39, 0.29) is 12.4 Å². The number of hydrogen-bond acceptors (Lipinski definition) is 3. The second-order valence-electron chi connectivity index (χ2n) is 5.38. The molecule has 2 heterocycles. The summed E-state index contributed by atoms with van der Waals surface area (Å²) in [5.41, 5.74) is 1.02. The van der Waals surface area contributed by atoms with E-state index in [2.05, 4.69) is 22.4 Å². The van der Waals surface area contributed by atoms with Crippen LogP contribution in [0.4, 0.5) is 0 Å². The van der Waals surface area contributed by atoms with E-state index in [0.29, 0.717) is 6.04 Å². The lowest BCUT2D eigenvalue weighted by molar-refractivity contribution is 0.267. The fourth-order valence-electron chi connectivity index (χ4n) is 2.89. The van der Waals surface area contributed by atoms with E-state index in [1.807, 2.05) is 24.4 Å². The molecule has 1 aromatic carbocycles. The number of halogens is 1. The molecule has 19 heavy (non-hydrogen) atoms. The number of benzene rings is 1. The van der Waals surface area contributed by atoms with Gasteiger partial charge in [-0.2, -0.15) is 0 Å². The summed E-state index contributed by atoms with van der Waals surface area (Å²) in [4.78, 5) is 4.40. The van der Waals surface area contributed by atoms with Gasteiger partial charge in [0.15, 0.2) is 0 Å². The number of rotatable bonds is 3. The lowest BCUT2D eigenvalue weighted by Gasteiger charge is -2.14. The van der Waals surface area contributed by atoms with Crippen LogP contribution in [0.2, 0.25) is 0 Å². The quantitative estimate of drug-likeness (QED) is 0.936. The Bertz CT molecular complexity index is 579. The first kappa shape index (κ1) is 12.7. The largest absolute Gasteiger partial charge is 0.490 e. The third-order valence-corrected chi connectivity index (χ3v) is 3.98. The van der Waals surface area contributed by atoms with Crippen LogP contribution in [0, 0.1) is 5.92 Å². The van der Waals surface area contributed by atoms with Crippen LogP contribution >= 0.6 is 12.4 Å². The topological polar surface area (TPSA) is 34.1 Å². The molecule has 2 aliphatic rings. The van der Waals surface area contributed by atoms with Crippen molar-refractivity contribution in [2.75, 3.05) is 6.61 Å². The smallest absolute Gasteiger partial charge is 0.138 e. The minimum atomic E-state index is 0. The predicted octanol–water partition coefficient (Wildman–Crippen LogP) is 2.79. The average Bonchev–Trinajstić information content (AvgIpc) is 3.03. The zero-order valence-electron chi connectivity index (χ0n) is 10.6. The Morgan fingerprint density at radius 3 is 3.00 bits per heavy atom. The number of pyridine rings is 1. The zero-order valence-corrected chi connectivity index (χ0v) is 11.4. The Morgan fingerprint density at radius 2 is 2.16 bits per heavy atom. The second kappa shape index (κ2) is 4.99. The molecule has 1 N–H and O–H groups in total. The van der Waals surface area contributed by atoms with E-state index in [1.54, 1.807) is 0 Å². The van der Waals surface area contributed by atoms with Crippen molar-refractivity contribution < 1.29 is 4.74 Å². The van der Waals surface area contributed by atoms with Gasteiger partial charge in [-0.1, -0.05) is 18.2 Å². The van der Waals surface area contributed by atoms with Gasteiger partial charge < -0.3 is 10.1 Å². The number of piperidine rings is 1. The second-order valence-corrected chi connectivity index (χ2v) is 5.38. The van der Waals surface area contributed by atoms with Crippen LogP contribution < -0.4 is 10.1 Å². The summed E-state index contributed by atoms with van der Waals surface area (Å²) in [6, 6.07) is 11.5. The van der Waals surface area contributed by atoms with Gasteiger partial charge >= 0.3 is 0 Å². The maximum atomic E-state index is 5.84. The van der Waals surface area contributed by atoms with Crippen LogP contribution in [-0.2, 0) is 0 Å². The number of nitrogens with one attached hydrogen (secondary N) is 1. The summed E-state index contributed by atoms with van der Waals surface area (Å²) >= 11 is 0. The summed E-state index contributed by atoms with van der Waals surface area (Å²) in [5.74, 6) is 1.80. The SMILES string of the molecule is Cl.c1ccc2ncc(OC[C@@H]3C[C@H]4C[C@H]4N3)cc2c1. The number of hydrogen-bond donors (Lipinski definition) is 1. The standard InChI is InChI=1S/C15H16N2O.ClH/c1-2-4-14-10(3-1)6-13(8-16-14)18-9-12-5-11-7-15(11)17-12;/h1-4,6,8,11-12,15,17H,5,7,9H2;1H/t11-,12-,15+;/m0./s1. The summed E-state index contributed by atoms with van der Waals surface area (Å²) in [5, 5.41) is 4.73. The highest BCUT2D eigenvalue weighted by Gasteiger charge is 2.45. The minimum Gasteiger partial charge on any atom is -0.490 e. The van der Waals surface area contributed by atoms with Crippen molar-refractivity contribution in [3.63, 3.8) is 0 Å². The number of aromatic nitrogens is 1. The maximum Gasteiger partial charge on any atom is 0.138 e. The highest BCUT2D eigenvalue weighted by atomic mass is 35.5. The van der Waals surface area contributed by atoms with Crippen molar-refractivity contribution in [1.29, 1.82) is 0 Å². The van der Waals surface area contributed by atoms with Crippen molar-refractivity contribution in [3.05, 3.63) is 36.5 Å². The van der Waals surface area contributed by atoms with E-state index < -0.39 is 0 Å². The fraction of sp³-hybridized carbons (Fsp3) is 0.400. The first-order valence-electron chi connectivity index (χ1n) is 6.62. The van der Waals surface area contributed by atoms with Gasteiger partial charge in [-0.15, -0.1) is 12.4 Å². The molecule has 1 saturated carbocycles. The van der Waals surface area contributed by atoms with Crippen molar-refractivity contribution in [2.45, 2.75) is 24.9 Å². The molecule has 2 aromatic rings. The van der Waals surface area contributed by atoms with Crippen LogP contribution in [0.1, 0.15) is 12.8 Å². The normalized spacial score (nSPS) is 27.7. The Morgan fingerprint density at radius 1 is 1.26 bits per heavy atom. The molecule has 4 rings (SSSR count). The molecule has 1 aliphatic heterocycles. The van der Waals surface area contributed by atoms with Crippen LogP contribution in [-0.4, -0.2) is 23.7 Å². The van der Waals surface area contributed by atoms with E-state index in [0.717, 1.165) is 35.2 Å². The average molecular weight is 277 g/mol. The predicted molar refractivity (Wildman–Crippen MR) is 77.9 cm³/mol. The molecular weight excluding hydrogens is 260 g/mol. The molecule has 1 saturated heterocycles. The number of ether oxygens (including phenoxy) is 1. The Labute approximate surface area is 118 Å². The van der Waals surface area contributed by atoms with Gasteiger partial charge in [0, 0.05) is 17.5 Å². The van der Waals surface area contributed by atoms with Gasteiger partial charge in [-0.3, -0.25) is 4.98 Å². The molecule has 0 amide bonds. The number of para-hydroxylation sites is 1. The monoisotopic (exact) mass is 276 g/mol. The van der Waals surface area contributed by atoms with E-state index in [4.69, 9.17) is 4.74 Å². The third-order valence-electron chi connectivity index (χ3n) is 3.98. The third kappa shape index (κ3) is 2.53. The molecule has 0 spiro atoms. The summed E-state index contributed by atoms with van der Waals surface area (Å²) < 4.78 is 5.84. The molecule has 1 aliphatic carbocycles. The molecular formula is C15H17ClN2O. The van der Waals surface area contributed by atoms with Gasteiger partial charge in [0.2, 0.25) is 0 Å². The Hall–Kier alpha value is -1.32. The molecule has 0 radical (unpaired) electrons. The highest BCUT2D eigenvalue weighted by Crippen LogP contribution is 2.40. The van der Waals surface area contributed by atoms with Gasteiger partial charge in [0.05, 0.1) is 11.7 Å². The highest BCUT2D eigenvalue weighted by molar-refractivity contribution is 5.85. The Kier molecular flexibility index (Phi) is 3.33. The molecule has 100 valence electrons. The molecule has 0 bridgehead atoms. The van der Waals surface area contributed by atoms with Gasteiger partial charge in [-0.25, -0.2) is 0 Å². The first-order valence-corrected chi connectivity index (χ1v) is 6.62. The lowest BCUT2D eigenvalue weighted by atomic mass is 10.2. The van der Waals surface area contributed by atoms with Crippen molar-refractivity contribution in [2.24, 2.45) is 5.92 Å². The molecule has 4 heteroatoms. The maximum absolute atomic E-state index is 5.84. The molecule has 0 unspecified atom stereocenters. The van der Waals surface area contributed by atoms with E-state index in [9.17, 15) is 0 Å². The summed E-state index contributed by atoms with van der Waals surface area (Å²) in [6.45, 7) is 0.757. The van der Waals surface area contributed by atoms with Gasteiger partial charge in [-0.05, 0) is 30.9 Å². The molecule has 1 aromatic heterocycles. The molecule has 3 atom stereocenters. The van der Waals surface area contributed by atoms with Crippen LogP contribution in [0.15, 0.2) is 36.5 Å². The molecule has 3 nitrogen and oxygen atoms in total. The lowest BCUT2D eigenvalue weighted by Crippen LogP contribution is -2.31. The van der Waals surface area contributed by atoms with Crippen molar-refractivity contribution >= 4 is 23.3 Å². The fourth-order valence-corrected chi connectivity index (χ4v) is 2.89. The van der Waals surface area contributed by atoms with Crippen LogP contribution in [0.25, 0.3) is 10.9 Å². The zero-order chi connectivity index (χ0) is 11.9. The Balaban J connectivity index is 0.00000110. The summed E-state index contributed by atoms with van der Waals surface area (Å²) in [7, 11) is 0. The van der Waals surface area contributed by atoms with Crippen molar-refractivity contribution in [3.8, 4) is 5.75 Å². The minimum absolute atomic E-state index is 0. The first-order chi connectivity index (χ1) is 8.88. The molecule has 2 fully saturated rings. The van der Waals surface area contributed by atoms with E-state index >= 15 is 0 Å². The van der Waals surface area contributed by atoms with Crippen LogP contribution in [0.3, 0.4) is 0 Å². The number of fused-ring (bicyclic) bond motifs is 2. The van der Waals surface area contributed by atoms with Crippen LogP contribution in [0.5, 0.6) is 5.75 Å². The van der Waals surface area contributed by atoms with Crippen molar-refractivity contribution in [1.82, 2.24) is 10.3 Å². The summed E-state index contributed by atoms with van der Waals surface area (Å²) in [6.07, 6.45) is 4.46. The van der Waals surface area contributed by atoms with Gasteiger partial charge in [0.1, 0.15) is 12.4 Å². The van der Waals surface area contributed by atoms with E-state index in [1.165, 1.54) is 12.8 Å². The number of nitrogens with zero attached hydrogens (tertiary/aromatic N) is 1.